The molecule has 0 bridgehead atoms. The highest BCUT2D eigenvalue weighted by atomic mass is 16.6. The van der Waals surface area contributed by atoms with Crippen molar-refractivity contribution in [2.75, 3.05) is 6.61 Å². The van der Waals surface area contributed by atoms with E-state index in [1.165, 1.54) is 25.7 Å². The van der Waals surface area contributed by atoms with Gasteiger partial charge in [-0.3, -0.25) is 9.59 Å². The number of allylic oxidation sites excluding steroid dienone is 18. The zero-order chi connectivity index (χ0) is 34.3. The van der Waals surface area contributed by atoms with E-state index in [1.54, 1.807) is 6.92 Å². The summed E-state index contributed by atoms with van der Waals surface area (Å²) in [7, 11) is 0. The van der Waals surface area contributed by atoms with Gasteiger partial charge in [-0.15, -0.1) is 0 Å². The fourth-order valence-corrected chi connectivity index (χ4v) is 4.26. The molecule has 0 aliphatic carbocycles. The van der Waals surface area contributed by atoms with Gasteiger partial charge < -0.3 is 9.47 Å². The Hall–Kier alpha value is -3.40. The van der Waals surface area contributed by atoms with Crippen LogP contribution in [0.3, 0.4) is 0 Å². The molecule has 4 nitrogen and oxygen atoms in total. The summed E-state index contributed by atoms with van der Waals surface area (Å²) in [5.74, 6) is -0.505. The monoisotopic (exact) mass is 646 g/mol. The van der Waals surface area contributed by atoms with E-state index in [0.717, 1.165) is 70.6 Å². The Morgan fingerprint density at radius 2 is 0.872 bits per heavy atom. The Labute approximate surface area is 288 Å². The maximum Gasteiger partial charge on any atom is 0.306 e. The van der Waals surface area contributed by atoms with Crippen LogP contribution < -0.4 is 0 Å². The van der Waals surface area contributed by atoms with Crippen LogP contribution in [-0.2, 0) is 19.1 Å². The number of hydrogen-bond donors (Lipinski definition) is 0. The Kier molecular flexibility index (Phi) is 34.4. The Morgan fingerprint density at radius 1 is 0.468 bits per heavy atom. The maximum absolute atomic E-state index is 12.1. The number of carbonyl (C=O) groups excluding carboxylic acids is 2. The quantitative estimate of drug-likeness (QED) is 0.0443. The maximum atomic E-state index is 12.1. The van der Waals surface area contributed by atoms with Gasteiger partial charge in [0.2, 0.25) is 0 Å². The minimum absolute atomic E-state index is 0.0965. The van der Waals surface area contributed by atoms with Gasteiger partial charge in [0.05, 0.1) is 0 Å². The van der Waals surface area contributed by atoms with Crippen molar-refractivity contribution in [3.8, 4) is 0 Å². The summed E-state index contributed by atoms with van der Waals surface area (Å²) < 4.78 is 10.7. The molecule has 0 aliphatic heterocycles. The van der Waals surface area contributed by atoms with Gasteiger partial charge in [-0.2, -0.15) is 0 Å². The molecule has 0 aromatic carbocycles. The molecular weight excluding hydrogens is 580 g/mol. The van der Waals surface area contributed by atoms with Gasteiger partial charge in [0, 0.05) is 12.8 Å². The first-order chi connectivity index (χ1) is 23.1. The van der Waals surface area contributed by atoms with Gasteiger partial charge in [-0.25, -0.2) is 0 Å². The first-order valence-corrected chi connectivity index (χ1v) is 18.3. The second-order valence-electron chi connectivity index (χ2n) is 11.6. The number of ether oxygens (including phenoxy) is 2. The van der Waals surface area contributed by atoms with Crippen molar-refractivity contribution in [3.63, 3.8) is 0 Å². The van der Waals surface area contributed by atoms with Crippen molar-refractivity contribution < 1.29 is 19.1 Å². The van der Waals surface area contributed by atoms with E-state index in [2.05, 4.69) is 117 Å². The second-order valence-corrected chi connectivity index (χ2v) is 11.6. The molecule has 0 unspecified atom stereocenters. The number of esters is 2. The third kappa shape index (κ3) is 36.9. The first-order valence-electron chi connectivity index (χ1n) is 18.3. The van der Waals surface area contributed by atoms with Crippen LogP contribution in [-0.4, -0.2) is 24.6 Å². The lowest BCUT2D eigenvalue weighted by Gasteiger charge is -2.13. The lowest BCUT2D eigenvalue weighted by Crippen LogP contribution is -2.22. The summed E-state index contributed by atoms with van der Waals surface area (Å²) in [5, 5.41) is 0. The van der Waals surface area contributed by atoms with Crippen LogP contribution in [0.25, 0.3) is 0 Å². The second kappa shape index (κ2) is 37.1. The van der Waals surface area contributed by atoms with E-state index >= 15 is 0 Å². The molecule has 0 saturated carbocycles. The van der Waals surface area contributed by atoms with Gasteiger partial charge >= 0.3 is 11.9 Å². The first kappa shape index (κ1) is 43.6. The van der Waals surface area contributed by atoms with Gasteiger partial charge in [-0.05, 0) is 96.8 Å². The molecule has 0 N–H and O–H groups in total. The molecule has 0 aromatic rings. The fourth-order valence-electron chi connectivity index (χ4n) is 4.26. The average Bonchev–Trinajstić information content (AvgIpc) is 3.06. The highest BCUT2D eigenvalue weighted by Crippen LogP contribution is 2.06. The van der Waals surface area contributed by atoms with E-state index in [4.69, 9.17) is 9.47 Å². The van der Waals surface area contributed by atoms with E-state index in [1.807, 2.05) is 6.08 Å². The van der Waals surface area contributed by atoms with Crippen molar-refractivity contribution in [3.05, 3.63) is 109 Å². The van der Waals surface area contributed by atoms with Crippen LogP contribution in [0.1, 0.15) is 136 Å². The molecule has 0 heterocycles. The van der Waals surface area contributed by atoms with Crippen molar-refractivity contribution in [2.45, 2.75) is 142 Å². The number of carbonyl (C=O) groups is 2. The minimum atomic E-state index is -0.435. The lowest BCUT2D eigenvalue weighted by molar-refractivity contribution is -0.158. The molecule has 0 rings (SSSR count). The average molecular weight is 647 g/mol. The van der Waals surface area contributed by atoms with Gasteiger partial charge in [-0.1, -0.05) is 136 Å². The van der Waals surface area contributed by atoms with Crippen molar-refractivity contribution >= 4 is 11.9 Å². The van der Waals surface area contributed by atoms with Crippen molar-refractivity contribution in [2.24, 2.45) is 0 Å². The van der Waals surface area contributed by atoms with E-state index in [0.29, 0.717) is 19.3 Å². The van der Waals surface area contributed by atoms with Crippen LogP contribution in [0.4, 0.5) is 0 Å². The fraction of sp³-hybridized carbons (Fsp3) is 0.535. The van der Waals surface area contributed by atoms with E-state index in [-0.39, 0.29) is 18.5 Å². The molecule has 0 spiro atoms. The molecule has 0 amide bonds. The molecular formula is C43H66O4. The summed E-state index contributed by atoms with van der Waals surface area (Å²) in [4.78, 5) is 24.1. The molecule has 4 heteroatoms. The lowest BCUT2D eigenvalue weighted by atomic mass is 10.1. The van der Waals surface area contributed by atoms with E-state index < -0.39 is 6.10 Å². The molecule has 0 radical (unpaired) electrons. The molecule has 262 valence electrons. The zero-order valence-electron chi connectivity index (χ0n) is 30.0. The smallest absolute Gasteiger partial charge is 0.306 e. The topological polar surface area (TPSA) is 52.6 Å². The largest absolute Gasteiger partial charge is 0.462 e. The van der Waals surface area contributed by atoms with Crippen LogP contribution in [0, 0.1) is 0 Å². The number of hydrogen-bond acceptors (Lipinski definition) is 4. The van der Waals surface area contributed by atoms with Crippen molar-refractivity contribution in [1.29, 1.82) is 0 Å². The molecule has 0 aliphatic rings. The van der Waals surface area contributed by atoms with Crippen molar-refractivity contribution in [1.82, 2.24) is 0 Å². The van der Waals surface area contributed by atoms with Crippen LogP contribution in [0.2, 0.25) is 0 Å². The minimum Gasteiger partial charge on any atom is -0.462 e. The number of rotatable bonds is 30. The molecule has 1 atom stereocenters. The normalized spacial score (nSPS) is 13.5. The predicted molar refractivity (Wildman–Crippen MR) is 203 cm³/mol. The van der Waals surface area contributed by atoms with Gasteiger partial charge in [0.15, 0.2) is 0 Å². The summed E-state index contributed by atoms with van der Waals surface area (Å²) in [6, 6.07) is 0. The molecule has 0 saturated heterocycles. The molecule has 47 heavy (non-hydrogen) atoms. The highest BCUT2D eigenvalue weighted by Gasteiger charge is 2.11. The summed E-state index contributed by atoms with van der Waals surface area (Å²) in [6.45, 7) is 6.24. The van der Waals surface area contributed by atoms with Gasteiger partial charge in [0.1, 0.15) is 12.7 Å². The third-order valence-corrected chi connectivity index (χ3v) is 6.94. The number of unbranched alkanes of at least 4 members (excludes halogenated alkanes) is 5. The summed E-state index contributed by atoms with van der Waals surface area (Å²) in [6.07, 6.45) is 55.7. The molecule has 0 fully saturated rings. The predicted octanol–water partition coefficient (Wildman–Crippen LogP) is 12.5. The highest BCUT2D eigenvalue weighted by molar-refractivity contribution is 5.70. The van der Waals surface area contributed by atoms with Crippen LogP contribution in [0.5, 0.6) is 0 Å². The zero-order valence-corrected chi connectivity index (χ0v) is 30.0. The summed E-state index contributed by atoms with van der Waals surface area (Å²) in [5.41, 5.74) is 0. The van der Waals surface area contributed by atoms with E-state index in [9.17, 15) is 9.59 Å². The molecule has 0 aromatic heterocycles. The third-order valence-electron chi connectivity index (χ3n) is 6.94. The Bertz CT molecular complexity index is 1000. The Balaban J connectivity index is 3.71. The van der Waals surface area contributed by atoms with Crippen LogP contribution in [0.15, 0.2) is 109 Å². The van der Waals surface area contributed by atoms with Gasteiger partial charge in [0.25, 0.3) is 0 Å². The summed E-state index contributed by atoms with van der Waals surface area (Å²) >= 11 is 0. The standard InChI is InChI=1S/C43H66O4/c1-4-6-8-10-12-14-16-18-20-21-22-23-25-26-28-30-32-34-36-38-42(44)46-40-41(3)47-43(45)39-37-35-33-31-29-27-24-19-17-15-13-11-9-7-5-2/h6,8,12-15,18-20,22-24,26,28-29,31-32,34,41H,4-5,7,9-11,16-17,21,25,27,30,33,35-40H2,1-3H3/t41-/m0/s1. The Morgan fingerprint density at radius 3 is 1.32 bits per heavy atom. The SMILES string of the molecule is CCC=CCC=CCC=CCC=CCC=CCC=CCCC(=O)OC[C@H](C)OC(=O)CCCCC=CCC=CCC=CCCCCC. The van der Waals surface area contributed by atoms with Crippen LogP contribution >= 0.6 is 0 Å².